The van der Waals surface area contributed by atoms with E-state index in [0.717, 1.165) is 61.3 Å². The van der Waals surface area contributed by atoms with Gasteiger partial charge in [0.2, 0.25) is 11.6 Å². The Morgan fingerprint density at radius 2 is 1.12 bits per heavy atom. The molecule has 10 nitrogen and oxygen atoms in total. The molecule has 2 aliphatic heterocycles. The number of nitrogens with zero attached hydrogens (tertiary/aromatic N) is 6. The molecule has 0 bridgehead atoms. The minimum absolute atomic E-state index is 0.364. The van der Waals surface area contributed by atoms with Crippen LogP contribution < -0.4 is 19.3 Å². The molecule has 0 aromatic carbocycles. The van der Waals surface area contributed by atoms with E-state index in [1.54, 1.807) is 0 Å². The zero-order chi connectivity index (χ0) is 17.6. The fraction of sp³-hybridized carbons (Fsp3) is 0.714. The summed E-state index contributed by atoms with van der Waals surface area (Å²) < 4.78 is 39.4. The smallest absolute Gasteiger partial charge is 0.270 e. The number of hydrogen-bond donors (Lipinski definition) is 0. The summed E-state index contributed by atoms with van der Waals surface area (Å²) in [5.74, 6) is 2.65. The molecule has 0 spiro atoms. The zero-order valence-electron chi connectivity index (χ0n) is 14.2. The average Bonchev–Trinajstić information content (AvgIpc) is 3.36. The van der Waals surface area contributed by atoms with E-state index in [2.05, 4.69) is 27.3 Å². The van der Waals surface area contributed by atoms with Gasteiger partial charge in [-0.2, -0.15) is 8.75 Å². The maximum absolute atomic E-state index is 5.76. The topological polar surface area (TPSA) is 95.0 Å². The van der Waals surface area contributed by atoms with Gasteiger partial charge in [0.25, 0.3) is 11.8 Å². The highest BCUT2D eigenvalue weighted by Crippen LogP contribution is 2.27. The van der Waals surface area contributed by atoms with Crippen molar-refractivity contribution >= 4 is 35.1 Å². The summed E-state index contributed by atoms with van der Waals surface area (Å²) in [5.41, 5.74) is 0. The lowest BCUT2D eigenvalue weighted by molar-refractivity contribution is 0.121. The Labute approximate surface area is 159 Å². The number of rotatable bonds is 7. The lowest BCUT2D eigenvalue weighted by Crippen LogP contribution is -2.36. The second kappa shape index (κ2) is 8.75. The molecule has 4 rings (SSSR count). The van der Waals surface area contributed by atoms with Gasteiger partial charge < -0.3 is 28.7 Å². The van der Waals surface area contributed by atoms with E-state index in [0.29, 0.717) is 51.4 Å². The molecule has 26 heavy (non-hydrogen) atoms. The van der Waals surface area contributed by atoms with Crippen LogP contribution in [0.1, 0.15) is 0 Å². The molecule has 0 aliphatic carbocycles. The van der Waals surface area contributed by atoms with Crippen molar-refractivity contribution < 1.29 is 18.9 Å². The van der Waals surface area contributed by atoms with Crippen molar-refractivity contribution in [2.24, 2.45) is 0 Å². The van der Waals surface area contributed by atoms with Gasteiger partial charge >= 0.3 is 0 Å². The van der Waals surface area contributed by atoms with E-state index in [1.165, 1.54) is 0 Å². The summed E-state index contributed by atoms with van der Waals surface area (Å²) in [7, 11) is 0. The van der Waals surface area contributed by atoms with E-state index in [1.807, 2.05) is 0 Å². The molecule has 0 N–H and O–H groups in total. The van der Waals surface area contributed by atoms with Crippen molar-refractivity contribution in [2.75, 3.05) is 75.6 Å². The van der Waals surface area contributed by atoms with Crippen LogP contribution in [0, 0.1) is 0 Å². The quantitative estimate of drug-likeness (QED) is 0.612. The molecule has 0 atom stereocenters. The Morgan fingerprint density at radius 3 is 1.54 bits per heavy atom. The third-order valence-corrected chi connectivity index (χ3v) is 5.07. The fourth-order valence-electron chi connectivity index (χ4n) is 2.75. The fourth-order valence-corrected chi connectivity index (χ4v) is 3.79. The predicted molar refractivity (Wildman–Crippen MR) is 96.9 cm³/mol. The summed E-state index contributed by atoms with van der Waals surface area (Å²) in [6, 6.07) is 0. The summed E-state index contributed by atoms with van der Waals surface area (Å²) in [5, 5.41) is 0. The Kier molecular flexibility index (Phi) is 5.94. The second-order valence-electron chi connectivity index (χ2n) is 5.68. The summed E-state index contributed by atoms with van der Waals surface area (Å²) in [6.07, 6.45) is 0. The molecule has 0 amide bonds. The van der Waals surface area contributed by atoms with E-state index in [-0.39, 0.29) is 0 Å². The third kappa shape index (κ3) is 4.14. The molecule has 142 valence electrons. The van der Waals surface area contributed by atoms with Crippen LogP contribution in [-0.2, 0) is 9.47 Å². The molecule has 12 heteroatoms. The molecule has 0 unspecified atom stereocenters. The zero-order valence-corrected chi connectivity index (χ0v) is 15.8. The van der Waals surface area contributed by atoms with Gasteiger partial charge in [0, 0.05) is 26.2 Å². The standard InChI is InChI=1S/C14H20N6O4S2/c1-5-21-6-2-19(1)11-13(17-25-15-11)23-9-10-24-14-12(16-26-18-14)20-3-7-22-8-4-20/h1-10H2. The molecule has 0 radical (unpaired) electrons. The molecule has 2 aromatic heterocycles. The third-order valence-electron chi connectivity index (χ3n) is 4.07. The first-order valence-electron chi connectivity index (χ1n) is 8.48. The maximum Gasteiger partial charge on any atom is 0.270 e. The normalized spacial score (nSPS) is 18.2. The highest BCUT2D eigenvalue weighted by atomic mass is 32.1. The second-order valence-corrected chi connectivity index (χ2v) is 6.74. The summed E-state index contributed by atoms with van der Waals surface area (Å²) in [6.45, 7) is 6.70. The first-order chi connectivity index (χ1) is 12.9. The number of aromatic nitrogens is 4. The average molecular weight is 400 g/mol. The van der Waals surface area contributed by atoms with Crippen LogP contribution in [0.3, 0.4) is 0 Å². The molecule has 2 saturated heterocycles. The Hall–Kier alpha value is -1.76. The highest BCUT2D eigenvalue weighted by molar-refractivity contribution is 6.99. The minimum atomic E-state index is 0.364. The van der Waals surface area contributed by atoms with Crippen LogP contribution in [-0.4, -0.2) is 83.3 Å². The van der Waals surface area contributed by atoms with Gasteiger partial charge in [-0.25, -0.2) is 0 Å². The first-order valence-corrected chi connectivity index (χ1v) is 9.94. The predicted octanol–water partition coefficient (Wildman–Crippen LogP) is 0.521. The van der Waals surface area contributed by atoms with Crippen molar-refractivity contribution in [3.05, 3.63) is 0 Å². The number of morpholine rings is 2. The van der Waals surface area contributed by atoms with Crippen LogP contribution in [0.25, 0.3) is 0 Å². The number of hydrogen-bond acceptors (Lipinski definition) is 12. The molecule has 2 aromatic rings. The van der Waals surface area contributed by atoms with Crippen LogP contribution >= 0.6 is 23.5 Å². The molecular formula is C14H20N6O4S2. The van der Waals surface area contributed by atoms with Crippen molar-refractivity contribution in [2.45, 2.75) is 0 Å². The van der Waals surface area contributed by atoms with Crippen LogP contribution in [0.15, 0.2) is 0 Å². The molecule has 2 aliphatic rings. The Morgan fingerprint density at radius 1 is 0.692 bits per heavy atom. The lowest BCUT2D eigenvalue weighted by atomic mass is 10.4. The van der Waals surface area contributed by atoms with Gasteiger partial charge in [0.15, 0.2) is 0 Å². The minimum Gasteiger partial charge on any atom is -0.471 e. The van der Waals surface area contributed by atoms with Gasteiger partial charge in [-0.3, -0.25) is 0 Å². The summed E-state index contributed by atoms with van der Waals surface area (Å²) >= 11 is 2.30. The number of ether oxygens (including phenoxy) is 4. The molecule has 4 heterocycles. The van der Waals surface area contributed by atoms with Gasteiger partial charge in [-0.05, 0) is 0 Å². The van der Waals surface area contributed by atoms with E-state index in [4.69, 9.17) is 18.9 Å². The van der Waals surface area contributed by atoms with Crippen molar-refractivity contribution in [1.82, 2.24) is 17.5 Å². The Balaban J connectivity index is 1.27. The van der Waals surface area contributed by atoms with E-state index < -0.39 is 0 Å². The van der Waals surface area contributed by atoms with Crippen molar-refractivity contribution in [3.63, 3.8) is 0 Å². The van der Waals surface area contributed by atoms with Crippen molar-refractivity contribution in [3.8, 4) is 11.8 Å². The summed E-state index contributed by atoms with van der Waals surface area (Å²) in [4.78, 5) is 4.26. The van der Waals surface area contributed by atoms with Crippen LogP contribution in [0.4, 0.5) is 11.6 Å². The van der Waals surface area contributed by atoms with E-state index in [9.17, 15) is 0 Å². The van der Waals surface area contributed by atoms with Gasteiger partial charge in [-0.1, -0.05) is 0 Å². The van der Waals surface area contributed by atoms with Gasteiger partial charge in [0.1, 0.15) is 13.2 Å². The van der Waals surface area contributed by atoms with Gasteiger partial charge in [0.05, 0.1) is 49.9 Å². The maximum atomic E-state index is 5.76. The molecular weight excluding hydrogens is 380 g/mol. The Bertz CT molecular complexity index is 628. The van der Waals surface area contributed by atoms with Crippen molar-refractivity contribution in [1.29, 1.82) is 0 Å². The van der Waals surface area contributed by atoms with E-state index >= 15 is 0 Å². The molecule has 0 saturated carbocycles. The SMILES string of the molecule is C1CN(c2nsnc2OCCOc2nsnc2N2CCOCC2)CCO1. The number of anilines is 2. The van der Waals surface area contributed by atoms with Crippen LogP contribution in [0.2, 0.25) is 0 Å². The van der Waals surface area contributed by atoms with Crippen LogP contribution in [0.5, 0.6) is 11.8 Å². The monoisotopic (exact) mass is 400 g/mol. The highest BCUT2D eigenvalue weighted by Gasteiger charge is 2.21. The first kappa shape index (κ1) is 17.6. The largest absolute Gasteiger partial charge is 0.471 e. The lowest BCUT2D eigenvalue weighted by Gasteiger charge is -2.27. The van der Waals surface area contributed by atoms with Gasteiger partial charge in [-0.15, -0.1) is 8.75 Å². The molecule has 2 fully saturated rings.